The molecule has 1 aromatic rings. The molecule has 0 saturated heterocycles. The summed E-state index contributed by atoms with van der Waals surface area (Å²) in [5.74, 6) is 0. The Labute approximate surface area is 130 Å². The van der Waals surface area contributed by atoms with Crippen LogP contribution in [0, 0.1) is 0 Å². The van der Waals surface area contributed by atoms with E-state index in [0.29, 0.717) is 6.04 Å². The first-order chi connectivity index (χ1) is 9.20. The van der Waals surface area contributed by atoms with Gasteiger partial charge in [-0.1, -0.05) is 35.7 Å². The molecule has 1 aliphatic carbocycles. The molecular formula is C16H24BrNS. The Hall–Kier alpha value is 0.01000. The van der Waals surface area contributed by atoms with Gasteiger partial charge in [-0.15, -0.1) is 11.8 Å². The predicted octanol–water partition coefficient (Wildman–Crippen LogP) is 5.54. The molecule has 19 heavy (non-hydrogen) atoms. The molecule has 0 radical (unpaired) electrons. The Kier molecular flexibility index (Phi) is 6.24. The van der Waals surface area contributed by atoms with E-state index in [4.69, 9.17) is 0 Å². The maximum atomic E-state index is 3.61. The zero-order valence-electron chi connectivity index (χ0n) is 11.9. The zero-order chi connectivity index (χ0) is 13.7. The Morgan fingerprint density at radius 2 is 2.11 bits per heavy atom. The molecule has 1 aromatic carbocycles. The molecule has 106 valence electrons. The second kappa shape index (κ2) is 7.70. The summed E-state index contributed by atoms with van der Waals surface area (Å²) in [7, 11) is 0. The number of benzene rings is 1. The summed E-state index contributed by atoms with van der Waals surface area (Å²) in [5, 5.41) is 4.44. The molecule has 0 aromatic heterocycles. The van der Waals surface area contributed by atoms with Crippen molar-refractivity contribution in [1.29, 1.82) is 0 Å². The number of hydrogen-bond donors (Lipinski definition) is 1. The van der Waals surface area contributed by atoms with Crippen LogP contribution in [-0.4, -0.2) is 11.8 Å². The van der Waals surface area contributed by atoms with E-state index < -0.39 is 0 Å². The number of hydrogen-bond acceptors (Lipinski definition) is 2. The minimum absolute atomic E-state index is 0.432. The van der Waals surface area contributed by atoms with Crippen molar-refractivity contribution in [2.75, 3.05) is 6.54 Å². The highest BCUT2D eigenvalue weighted by Crippen LogP contribution is 2.38. The second-order valence-electron chi connectivity index (χ2n) is 5.38. The smallest absolute Gasteiger partial charge is 0.0303 e. The fourth-order valence-corrected chi connectivity index (χ4v) is 4.45. The second-order valence-corrected chi connectivity index (χ2v) is 7.64. The highest BCUT2D eigenvalue weighted by atomic mass is 79.9. The lowest BCUT2D eigenvalue weighted by atomic mass is 10.1. The molecule has 0 heterocycles. The average Bonchev–Trinajstić information content (AvgIpc) is 2.91. The molecular weight excluding hydrogens is 318 g/mol. The van der Waals surface area contributed by atoms with Crippen LogP contribution in [0.5, 0.6) is 0 Å². The van der Waals surface area contributed by atoms with Crippen LogP contribution in [-0.2, 0) is 0 Å². The number of thioether (sulfide) groups is 1. The third kappa shape index (κ3) is 4.51. The number of nitrogens with one attached hydrogen (secondary N) is 1. The van der Waals surface area contributed by atoms with Gasteiger partial charge in [0, 0.05) is 20.7 Å². The largest absolute Gasteiger partial charge is 0.310 e. The fourth-order valence-electron chi connectivity index (χ4n) is 2.62. The molecule has 0 bridgehead atoms. The van der Waals surface area contributed by atoms with Gasteiger partial charge in [0.15, 0.2) is 0 Å². The van der Waals surface area contributed by atoms with Crippen molar-refractivity contribution in [2.45, 2.75) is 62.1 Å². The predicted molar refractivity (Wildman–Crippen MR) is 89.0 cm³/mol. The number of halogens is 1. The van der Waals surface area contributed by atoms with E-state index in [1.165, 1.54) is 47.0 Å². The van der Waals surface area contributed by atoms with Gasteiger partial charge < -0.3 is 5.32 Å². The van der Waals surface area contributed by atoms with Gasteiger partial charge in [-0.3, -0.25) is 0 Å². The lowest BCUT2D eigenvalue weighted by Crippen LogP contribution is -2.20. The van der Waals surface area contributed by atoms with Crippen molar-refractivity contribution < 1.29 is 0 Å². The third-order valence-electron chi connectivity index (χ3n) is 3.73. The van der Waals surface area contributed by atoms with Gasteiger partial charge in [-0.2, -0.15) is 0 Å². The Bertz CT molecular complexity index is 402. The van der Waals surface area contributed by atoms with Gasteiger partial charge in [-0.25, -0.2) is 0 Å². The summed E-state index contributed by atoms with van der Waals surface area (Å²) in [6.07, 6.45) is 6.78. The van der Waals surface area contributed by atoms with Crippen LogP contribution in [0.2, 0.25) is 0 Å². The summed E-state index contributed by atoms with van der Waals surface area (Å²) in [5.41, 5.74) is 1.44. The van der Waals surface area contributed by atoms with Crippen LogP contribution in [0.4, 0.5) is 0 Å². The molecule has 1 atom stereocenters. The molecule has 1 nitrogen and oxygen atoms in total. The van der Waals surface area contributed by atoms with Crippen LogP contribution in [0.25, 0.3) is 0 Å². The van der Waals surface area contributed by atoms with Crippen molar-refractivity contribution >= 4 is 27.7 Å². The monoisotopic (exact) mass is 341 g/mol. The van der Waals surface area contributed by atoms with Crippen LogP contribution in [0.1, 0.15) is 57.6 Å². The van der Waals surface area contributed by atoms with Crippen LogP contribution >= 0.6 is 27.7 Å². The summed E-state index contributed by atoms with van der Waals surface area (Å²) in [4.78, 5) is 1.46. The lowest BCUT2D eigenvalue weighted by molar-refractivity contribution is 0.563. The molecule has 0 amide bonds. The van der Waals surface area contributed by atoms with E-state index in [-0.39, 0.29) is 0 Å². The first-order valence-electron chi connectivity index (χ1n) is 7.40. The molecule has 1 unspecified atom stereocenters. The topological polar surface area (TPSA) is 12.0 Å². The van der Waals surface area contributed by atoms with Crippen LogP contribution in [0.15, 0.2) is 27.6 Å². The van der Waals surface area contributed by atoms with Gasteiger partial charge >= 0.3 is 0 Å². The summed E-state index contributed by atoms with van der Waals surface area (Å²) in [6, 6.07) is 7.17. The molecule has 3 heteroatoms. The summed E-state index contributed by atoms with van der Waals surface area (Å²) in [6.45, 7) is 5.58. The van der Waals surface area contributed by atoms with Gasteiger partial charge in [0.2, 0.25) is 0 Å². The van der Waals surface area contributed by atoms with E-state index >= 15 is 0 Å². The SMILES string of the molecule is CCCNC(C)c1cc(Br)ccc1SC1CCCC1. The number of rotatable bonds is 6. The van der Waals surface area contributed by atoms with Gasteiger partial charge in [0.05, 0.1) is 0 Å². The maximum absolute atomic E-state index is 3.61. The summed E-state index contributed by atoms with van der Waals surface area (Å²) >= 11 is 5.70. The standard InChI is InChI=1S/C16H24BrNS/c1-3-10-18-12(2)15-11-13(17)8-9-16(15)19-14-6-4-5-7-14/h8-9,11-12,14,18H,3-7,10H2,1-2H3. The minimum Gasteiger partial charge on any atom is -0.310 e. The van der Waals surface area contributed by atoms with E-state index in [0.717, 1.165) is 11.8 Å². The molecule has 1 fully saturated rings. The molecule has 0 aliphatic heterocycles. The van der Waals surface area contributed by atoms with Crippen molar-refractivity contribution in [3.05, 3.63) is 28.2 Å². The first-order valence-corrected chi connectivity index (χ1v) is 9.07. The molecule has 1 aliphatic rings. The maximum Gasteiger partial charge on any atom is 0.0303 e. The van der Waals surface area contributed by atoms with Crippen molar-refractivity contribution in [3.63, 3.8) is 0 Å². The van der Waals surface area contributed by atoms with Crippen molar-refractivity contribution in [1.82, 2.24) is 5.32 Å². The van der Waals surface area contributed by atoms with Crippen LogP contribution in [0.3, 0.4) is 0 Å². The van der Waals surface area contributed by atoms with E-state index in [1.54, 1.807) is 0 Å². The van der Waals surface area contributed by atoms with Crippen molar-refractivity contribution in [2.24, 2.45) is 0 Å². The van der Waals surface area contributed by atoms with Gasteiger partial charge in [-0.05, 0) is 56.5 Å². The lowest BCUT2D eigenvalue weighted by Gasteiger charge is -2.19. The van der Waals surface area contributed by atoms with Crippen LogP contribution < -0.4 is 5.32 Å². The molecule has 1 saturated carbocycles. The highest BCUT2D eigenvalue weighted by Gasteiger charge is 2.19. The Morgan fingerprint density at radius 1 is 1.37 bits per heavy atom. The van der Waals surface area contributed by atoms with Crippen molar-refractivity contribution in [3.8, 4) is 0 Å². The molecule has 2 rings (SSSR count). The quantitative estimate of drug-likeness (QED) is 0.728. The fraction of sp³-hybridized carbons (Fsp3) is 0.625. The van der Waals surface area contributed by atoms with E-state index in [2.05, 4.69) is 65.1 Å². The highest BCUT2D eigenvalue weighted by molar-refractivity contribution is 9.10. The Balaban J connectivity index is 2.11. The summed E-state index contributed by atoms with van der Waals surface area (Å²) < 4.78 is 1.18. The zero-order valence-corrected chi connectivity index (χ0v) is 14.3. The van der Waals surface area contributed by atoms with E-state index in [9.17, 15) is 0 Å². The Morgan fingerprint density at radius 3 is 2.79 bits per heavy atom. The van der Waals surface area contributed by atoms with Gasteiger partial charge in [0.1, 0.15) is 0 Å². The molecule has 0 spiro atoms. The first kappa shape index (κ1) is 15.4. The van der Waals surface area contributed by atoms with E-state index in [1.807, 2.05) is 0 Å². The normalized spacial score (nSPS) is 17.8. The minimum atomic E-state index is 0.432. The third-order valence-corrected chi connectivity index (χ3v) is 5.66. The molecule has 1 N–H and O–H groups in total. The van der Waals surface area contributed by atoms with Gasteiger partial charge in [0.25, 0.3) is 0 Å². The average molecular weight is 342 g/mol.